The fourth-order valence-corrected chi connectivity index (χ4v) is 1.72. The zero-order chi connectivity index (χ0) is 13.5. The summed E-state index contributed by atoms with van der Waals surface area (Å²) in [6, 6.07) is 6.24. The Morgan fingerprint density at radius 3 is 2.61 bits per heavy atom. The van der Waals surface area contributed by atoms with Crippen LogP contribution < -0.4 is 5.32 Å². The van der Waals surface area contributed by atoms with E-state index in [2.05, 4.69) is 23.5 Å². The van der Waals surface area contributed by atoms with Crippen molar-refractivity contribution in [3.05, 3.63) is 34.9 Å². The monoisotopic (exact) mass is 249 g/mol. The molecule has 0 aromatic heterocycles. The van der Waals surface area contributed by atoms with E-state index in [-0.39, 0.29) is 18.7 Å². The third-order valence-corrected chi connectivity index (χ3v) is 2.79. The highest BCUT2D eigenvalue weighted by Crippen LogP contribution is 2.10. The van der Waals surface area contributed by atoms with Crippen LogP contribution in [0.5, 0.6) is 0 Å². The maximum atomic E-state index is 11.3. The number of carbonyl (C=O) groups is 2. The molecule has 4 heteroatoms. The van der Waals surface area contributed by atoms with Crippen molar-refractivity contribution in [2.24, 2.45) is 0 Å². The van der Waals surface area contributed by atoms with Gasteiger partial charge in [0.2, 0.25) is 5.91 Å². The summed E-state index contributed by atoms with van der Waals surface area (Å²) in [5.74, 6) is -1.15. The number of hydrogen-bond acceptors (Lipinski definition) is 2. The van der Waals surface area contributed by atoms with Gasteiger partial charge < -0.3 is 10.4 Å². The zero-order valence-electron chi connectivity index (χ0n) is 10.8. The van der Waals surface area contributed by atoms with Gasteiger partial charge in [-0.05, 0) is 31.4 Å². The molecule has 1 rings (SSSR count). The summed E-state index contributed by atoms with van der Waals surface area (Å²) in [5, 5.41) is 11.2. The number of benzene rings is 1. The first-order chi connectivity index (χ1) is 8.49. The van der Waals surface area contributed by atoms with Crippen LogP contribution in [0.15, 0.2) is 18.2 Å². The third-order valence-electron chi connectivity index (χ3n) is 2.79. The van der Waals surface area contributed by atoms with Gasteiger partial charge in [0.1, 0.15) is 0 Å². The zero-order valence-corrected chi connectivity index (χ0v) is 10.8. The maximum Gasteiger partial charge on any atom is 0.303 e. The number of hydrogen-bond donors (Lipinski definition) is 2. The minimum atomic E-state index is -0.945. The Morgan fingerprint density at radius 1 is 1.22 bits per heavy atom. The van der Waals surface area contributed by atoms with Crippen molar-refractivity contribution >= 4 is 11.9 Å². The smallest absolute Gasteiger partial charge is 0.303 e. The number of carboxylic acid groups (broad SMARTS) is 1. The highest BCUT2D eigenvalue weighted by atomic mass is 16.4. The highest BCUT2D eigenvalue weighted by Gasteiger charge is 2.05. The summed E-state index contributed by atoms with van der Waals surface area (Å²) in [5.41, 5.74) is 3.63. The van der Waals surface area contributed by atoms with Crippen LogP contribution in [0.25, 0.3) is 0 Å². The Hall–Kier alpha value is -1.84. The molecule has 0 aliphatic rings. The van der Waals surface area contributed by atoms with Crippen LogP contribution in [0.2, 0.25) is 0 Å². The molecule has 0 atom stereocenters. The quantitative estimate of drug-likeness (QED) is 0.808. The van der Waals surface area contributed by atoms with Gasteiger partial charge in [0.25, 0.3) is 0 Å². The van der Waals surface area contributed by atoms with E-state index in [1.807, 2.05) is 13.8 Å². The molecule has 98 valence electrons. The average molecular weight is 249 g/mol. The molecule has 1 aromatic rings. The van der Waals surface area contributed by atoms with E-state index in [1.54, 1.807) is 0 Å². The van der Waals surface area contributed by atoms with Gasteiger partial charge >= 0.3 is 5.97 Å². The SMILES string of the molecule is Cc1ccc(C)c(CCNC(=O)CCC(=O)O)c1. The largest absolute Gasteiger partial charge is 0.481 e. The molecule has 0 bridgehead atoms. The van der Waals surface area contributed by atoms with E-state index in [0.717, 1.165) is 6.42 Å². The molecule has 0 fully saturated rings. The van der Waals surface area contributed by atoms with Gasteiger partial charge in [-0.25, -0.2) is 0 Å². The van der Waals surface area contributed by atoms with E-state index in [4.69, 9.17) is 5.11 Å². The molecule has 0 spiro atoms. The highest BCUT2D eigenvalue weighted by molar-refractivity contribution is 5.80. The molecule has 0 aliphatic heterocycles. The van der Waals surface area contributed by atoms with E-state index in [9.17, 15) is 9.59 Å². The number of aryl methyl sites for hydroxylation is 2. The fraction of sp³-hybridized carbons (Fsp3) is 0.429. The van der Waals surface area contributed by atoms with Crippen molar-refractivity contribution in [2.75, 3.05) is 6.54 Å². The minimum Gasteiger partial charge on any atom is -0.481 e. The van der Waals surface area contributed by atoms with Crippen LogP contribution in [-0.2, 0) is 16.0 Å². The number of rotatable bonds is 6. The minimum absolute atomic E-state index is 0.0438. The molecule has 0 saturated carbocycles. The van der Waals surface area contributed by atoms with Crippen molar-refractivity contribution < 1.29 is 14.7 Å². The predicted octanol–water partition coefficient (Wildman–Crippen LogP) is 1.83. The summed E-state index contributed by atoms with van der Waals surface area (Å²) in [7, 11) is 0. The fourth-order valence-electron chi connectivity index (χ4n) is 1.72. The lowest BCUT2D eigenvalue weighted by Crippen LogP contribution is -2.26. The summed E-state index contributed by atoms with van der Waals surface area (Å²) in [4.78, 5) is 21.6. The van der Waals surface area contributed by atoms with Gasteiger partial charge in [0.15, 0.2) is 0 Å². The van der Waals surface area contributed by atoms with Crippen LogP contribution >= 0.6 is 0 Å². The number of nitrogens with one attached hydrogen (secondary N) is 1. The lowest BCUT2D eigenvalue weighted by Gasteiger charge is -2.08. The van der Waals surface area contributed by atoms with Crippen molar-refractivity contribution in [3.8, 4) is 0 Å². The first-order valence-electron chi connectivity index (χ1n) is 6.03. The van der Waals surface area contributed by atoms with Crippen LogP contribution in [0, 0.1) is 13.8 Å². The van der Waals surface area contributed by atoms with Gasteiger partial charge in [0, 0.05) is 13.0 Å². The normalized spacial score (nSPS) is 10.1. The predicted molar refractivity (Wildman–Crippen MR) is 69.5 cm³/mol. The number of amides is 1. The molecule has 1 amide bonds. The molecule has 18 heavy (non-hydrogen) atoms. The number of aliphatic carboxylic acids is 1. The summed E-state index contributed by atoms with van der Waals surface area (Å²) < 4.78 is 0. The van der Waals surface area contributed by atoms with Gasteiger partial charge in [-0.2, -0.15) is 0 Å². The molecular weight excluding hydrogens is 230 g/mol. The van der Waals surface area contributed by atoms with Gasteiger partial charge in [-0.3, -0.25) is 9.59 Å². The molecule has 0 unspecified atom stereocenters. The van der Waals surface area contributed by atoms with Crippen LogP contribution in [0.1, 0.15) is 29.5 Å². The first-order valence-corrected chi connectivity index (χ1v) is 6.03. The molecule has 0 aliphatic carbocycles. The Kier molecular flexibility index (Phi) is 5.36. The summed E-state index contributed by atoms with van der Waals surface area (Å²) in [6.45, 7) is 4.62. The third kappa shape index (κ3) is 4.99. The Balaban J connectivity index is 2.35. The second kappa shape index (κ2) is 6.79. The molecule has 2 N–H and O–H groups in total. The Bertz CT molecular complexity index is 441. The summed E-state index contributed by atoms with van der Waals surface area (Å²) >= 11 is 0. The van der Waals surface area contributed by atoms with Crippen molar-refractivity contribution in [1.29, 1.82) is 0 Å². The van der Waals surface area contributed by atoms with Crippen LogP contribution in [-0.4, -0.2) is 23.5 Å². The Labute approximate surface area is 107 Å². The van der Waals surface area contributed by atoms with Crippen LogP contribution in [0.4, 0.5) is 0 Å². The lowest BCUT2D eigenvalue weighted by atomic mass is 10.0. The van der Waals surface area contributed by atoms with Crippen molar-refractivity contribution in [1.82, 2.24) is 5.32 Å². The molecule has 1 aromatic carbocycles. The molecule has 0 radical (unpaired) electrons. The Morgan fingerprint density at radius 2 is 1.94 bits per heavy atom. The molecule has 4 nitrogen and oxygen atoms in total. The first kappa shape index (κ1) is 14.2. The standard InChI is InChI=1S/C14H19NO3/c1-10-3-4-11(2)12(9-10)7-8-15-13(16)5-6-14(17)18/h3-4,9H,5-8H2,1-2H3,(H,15,16)(H,17,18). The van der Waals surface area contributed by atoms with E-state index in [0.29, 0.717) is 6.54 Å². The van der Waals surface area contributed by atoms with Crippen molar-refractivity contribution in [3.63, 3.8) is 0 Å². The lowest BCUT2D eigenvalue weighted by molar-refractivity contribution is -0.138. The van der Waals surface area contributed by atoms with Crippen molar-refractivity contribution in [2.45, 2.75) is 33.1 Å². The van der Waals surface area contributed by atoms with Gasteiger partial charge in [-0.1, -0.05) is 23.8 Å². The van der Waals surface area contributed by atoms with Crippen LogP contribution in [0.3, 0.4) is 0 Å². The van der Waals surface area contributed by atoms with E-state index >= 15 is 0 Å². The van der Waals surface area contributed by atoms with Gasteiger partial charge in [-0.15, -0.1) is 0 Å². The maximum absolute atomic E-state index is 11.3. The second-order valence-corrected chi connectivity index (χ2v) is 4.42. The average Bonchev–Trinajstić information content (AvgIpc) is 2.31. The topological polar surface area (TPSA) is 66.4 Å². The van der Waals surface area contributed by atoms with E-state index in [1.165, 1.54) is 16.7 Å². The van der Waals surface area contributed by atoms with E-state index < -0.39 is 5.97 Å². The number of carboxylic acids is 1. The summed E-state index contributed by atoms with van der Waals surface area (Å²) in [6.07, 6.45) is 0.698. The molecule has 0 heterocycles. The van der Waals surface area contributed by atoms with Gasteiger partial charge in [0.05, 0.1) is 6.42 Å². The second-order valence-electron chi connectivity index (χ2n) is 4.42. The molecular formula is C14H19NO3. The molecule has 0 saturated heterocycles. The number of carbonyl (C=O) groups excluding carboxylic acids is 1.